The SMILES string of the molecule is CC(C)c1ccc(-c2cccc3[cH-]c(C(C)C)cc23)cc1.CC1=C2c3cc(C)sc3C1[Si]2(C)C.[Cl-].[Cl-].[Zr+3]. The number of rotatable bonds is 3. The molecule has 3 heterocycles. The third kappa shape index (κ3) is 5.59. The first-order chi connectivity index (χ1) is 16.1. The fourth-order valence-electron chi connectivity index (χ4n) is 6.18. The Bertz CT molecular complexity index is 1410. The Morgan fingerprint density at radius 2 is 1.49 bits per heavy atom. The van der Waals surface area contributed by atoms with Crippen LogP contribution in [0, 0.1) is 6.92 Å². The number of hydrogen-bond acceptors (Lipinski definition) is 1. The molecule has 0 fully saturated rings. The molecule has 1 radical (unpaired) electrons. The van der Waals surface area contributed by atoms with Crippen LogP contribution in [0.15, 0.2) is 66.2 Å². The molecule has 1 aliphatic carbocycles. The van der Waals surface area contributed by atoms with Gasteiger partial charge in [0.1, 0.15) is 0 Å². The largest absolute Gasteiger partial charge is 3.00 e. The van der Waals surface area contributed by atoms with Crippen LogP contribution < -0.4 is 24.8 Å². The molecule has 37 heavy (non-hydrogen) atoms. The number of allylic oxidation sites excluding steroid dienone is 1. The van der Waals surface area contributed by atoms with Gasteiger partial charge in [0.15, 0.2) is 0 Å². The molecule has 2 aliphatic heterocycles. The first-order valence-corrected chi connectivity index (χ1v) is 16.6. The Hall–Kier alpha value is -0.830. The van der Waals surface area contributed by atoms with E-state index < -0.39 is 8.07 Å². The monoisotopic (exact) mass is 641 g/mol. The molecule has 2 bridgehead atoms. The minimum atomic E-state index is -0.995. The van der Waals surface area contributed by atoms with Crippen LogP contribution in [0.5, 0.6) is 0 Å². The Kier molecular flexibility index (Phi) is 10.6. The van der Waals surface area contributed by atoms with Crippen LogP contribution in [0.2, 0.25) is 13.1 Å². The van der Waals surface area contributed by atoms with E-state index >= 15 is 0 Å². The van der Waals surface area contributed by atoms with Gasteiger partial charge in [0, 0.05) is 15.3 Å². The molecule has 3 aromatic carbocycles. The zero-order valence-corrected chi connectivity index (χ0v) is 29.0. The molecule has 0 spiro atoms. The van der Waals surface area contributed by atoms with E-state index in [2.05, 4.69) is 115 Å². The molecule has 193 valence electrons. The number of aryl methyl sites for hydroxylation is 1. The van der Waals surface area contributed by atoms with Crippen molar-refractivity contribution < 1.29 is 51.0 Å². The minimum absolute atomic E-state index is 0. The van der Waals surface area contributed by atoms with Gasteiger partial charge in [-0.3, -0.25) is 0 Å². The smallest absolute Gasteiger partial charge is 1.00 e. The van der Waals surface area contributed by atoms with E-state index in [1.807, 2.05) is 11.3 Å². The number of fused-ring (bicyclic) bond motifs is 1. The van der Waals surface area contributed by atoms with Crippen molar-refractivity contribution in [2.45, 2.75) is 72.0 Å². The van der Waals surface area contributed by atoms with E-state index in [9.17, 15) is 0 Å². The zero-order chi connectivity index (χ0) is 24.4. The molecule has 0 saturated carbocycles. The Morgan fingerprint density at radius 1 is 0.838 bits per heavy atom. The van der Waals surface area contributed by atoms with Crippen molar-refractivity contribution in [2.75, 3.05) is 0 Å². The van der Waals surface area contributed by atoms with Crippen molar-refractivity contribution >= 4 is 35.4 Å². The molecule has 3 aliphatic rings. The average molecular weight is 644 g/mol. The van der Waals surface area contributed by atoms with Gasteiger partial charge < -0.3 is 24.8 Å². The van der Waals surface area contributed by atoms with E-state index in [0.29, 0.717) is 11.8 Å². The van der Waals surface area contributed by atoms with Gasteiger partial charge in [0.05, 0.1) is 8.07 Å². The van der Waals surface area contributed by atoms with Gasteiger partial charge in [0.2, 0.25) is 0 Å². The molecule has 4 aromatic rings. The van der Waals surface area contributed by atoms with E-state index in [1.165, 1.54) is 37.9 Å². The Morgan fingerprint density at radius 3 is 2.03 bits per heavy atom. The molecule has 0 N–H and O–H groups in total. The van der Waals surface area contributed by atoms with Gasteiger partial charge >= 0.3 is 26.2 Å². The number of halogens is 2. The molecule has 0 nitrogen and oxygen atoms in total. The quantitative estimate of drug-likeness (QED) is 0.232. The molecular weight excluding hydrogens is 607 g/mol. The van der Waals surface area contributed by atoms with Crippen LogP contribution in [0.4, 0.5) is 0 Å². The van der Waals surface area contributed by atoms with Gasteiger partial charge in [-0.2, -0.15) is 6.07 Å². The van der Waals surface area contributed by atoms with Crippen LogP contribution in [0.3, 0.4) is 0 Å². The summed E-state index contributed by atoms with van der Waals surface area (Å²) in [6, 6.07) is 22.7. The zero-order valence-electron chi connectivity index (χ0n) is 23.2. The van der Waals surface area contributed by atoms with E-state index in [1.54, 1.807) is 21.2 Å². The summed E-state index contributed by atoms with van der Waals surface area (Å²) in [5.74, 6) is 1.16. The Labute approximate surface area is 260 Å². The number of thiophene rings is 1. The Balaban J connectivity index is 0.000000261. The van der Waals surface area contributed by atoms with E-state index in [-0.39, 0.29) is 51.0 Å². The van der Waals surface area contributed by atoms with Crippen LogP contribution in [-0.4, -0.2) is 8.07 Å². The molecule has 7 rings (SSSR count). The third-order valence-electron chi connectivity index (χ3n) is 7.94. The normalized spacial score (nSPS) is 16.3. The summed E-state index contributed by atoms with van der Waals surface area (Å²) in [6.45, 7) is 18.6. The summed E-state index contributed by atoms with van der Waals surface area (Å²) < 4.78 is 0. The molecule has 1 aromatic heterocycles. The van der Waals surface area contributed by atoms with Crippen molar-refractivity contribution in [1.29, 1.82) is 0 Å². The first-order valence-electron chi connectivity index (χ1n) is 12.7. The molecule has 0 saturated heterocycles. The summed E-state index contributed by atoms with van der Waals surface area (Å²) in [5, 5.41) is 4.50. The van der Waals surface area contributed by atoms with Crippen molar-refractivity contribution in [1.82, 2.24) is 0 Å². The first kappa shape index (κ1) is 32.4. The number of benzene rings is 2. The summed E-state index contributed by atoms with van der Waals surface area (Å²) >= 11 is 2.03. The van der Waals surface area contributed by atoms with Crippen LogP contribution >= 0.6 is 11.3 Å². The molecule has 1 unspecified atom stereocenters. The topological polar surface area (TPSA) is 0 Å². The minimum Gasteiger partial charge on any atom is -1.00 e. The molecule has 1 atom stereocenters. The molecular formula is C32H37Cl2SSiZr. The maximum Gasteiger partial charge on any atom is 3.00 e. The predicted molar refractivity (Wildman–Crippen MR) is 155 cm³/mol. The van der Waals surface area contributed by atoms with Crippen molar-refractivity contribution in [3.63, 3.8) is 0 Å². The van der Waals surface area contributed by atoms with Gasteiger partial charge in [-0.25, -0.2) is 0 Å². The van der Waals surface area contributed by atoms with Crippen molar-refractivity contribution in [3.8, 4) is 11.1 Å². The second-order valence-corrected chi connectivity index (χ2v) is 17.2. The summed E-state index contributed by atoms with van der Waals surface area (Å²) in [4.78, 5) is 3.19. The van der Waals surface area contributed by atoms with Crippen LogP contribution in [0.1, 0.15) is 78.4 Å². The van der Waals surface area contributed by atoms with Crippen molar-refractivity contribution in [3.05, 3.63) is 92.7 Å². The average Bonchev–Trinajstić information content (AvgIpc) is 3.48. The molecule has 0 amide bonds. The fourth-order valence-corrected chi connectivity index (χ4v) is 12.6. The number of hydrogen-bond donors (Lipinski definition) is 0. The summed E-state index contributed by atoms with van der Waals surface area (Å²) in [5.41, 5.74) is 9.68. The van der Waals surface area contributed by atoms with Gasteiger partial charge in [-0.1, -0.05) is 87.5 Å². The van der Waals surface area contributed by atoms with Crippen molar-refractivity contribution in [2.24, 2.45) is 0 Å². The van der Waals surface area contributed by atoms with Gasteiger partial charge in [0.25, 0.3) is 0 Å². The summed E-state index contributed by atoms with van der Waals surface area (Å²) in [7, 11) is -0.995. The fraction of sp³-hybridized carbons (Fsp3) is 0.344. The van der Waals surface area contributed by atoms with E-state index in [0.717, 1.165) is 5.54 Å². The second-order valence-electron chi connectivity index (χ2n) is 11.4. The third-order valence-corrected chi connectivity index (χ3v) is 13.4. The molecule has 5 heteroatoms. The second kappa shape index (κ2) is 12.1. The van der Waals surface area contributed by atoms with Gasteiger partial charge in [-0.05, 0) is 48.4 Å². The van der Waals surface area contributed by atoms with E-state index in [4.69, 9.17) is 0 Å². The van der Waals surface area contributed by atoms with Crippen LogP contribution in [0.25, 0.3) is 27.1 Å². The maximum atomic E-state index is 2.52. The maximum absolute atomic E-state index is 2.52. The standard InChI is InChI=1S/C21H23.C11H14SSi.2ClH.Zr/c1-14(2)16-8-10-17(11-9-16)20-7-5-6-18-12-19(15(3)4)13-21(18)20;1-6-5-8-9(12-6)11-7(2)10(8)13(11,3)4;;;/h5-15H,1-4H3;5,11H,1-4H3;2*1H;/q-1;;;;+3/p-2. The van der Waals surface area contributed by atoms with Gasteiger partial charge in [-0.15, -0.1) is 45.9 Å². The van der Waals surface area contributed by atoms with Crippen LogP contribution in [-0.2, 0) is 26.2 Å². The summed E-state index contributed by atoms with van der Waals surface area (Å²) in [6.07, 6.45) is 0. The predicted octanol–water partition coefficient (Wildman–Crippen LogP) is 4.21.